The van der Waals surface area contributed by atoms with Crippen molar-refractivity contribution < 1.29 is 8.42 Å². The van der Waals surface area contributed by atoms with E-state index in [-0.39, 0.29) is 10.4 Å². The maximum absolute atomic E-state index is 12.3. The number of halogens is 1. The lowest BCUT2D eigenvalue weighted by atomic mass is 9.91. The second-order valence-electron chi connectivity index (χ2n) is 4.29. The van der Waals surface area contributed by atoms with Gasteiger partial charge in [0.1, 0.15) is 4.90 Å². The number of rotatable bonds is 6. The van der Waals surface area contributed by atoms with Gasteiger partial charge in [-0.25, -0.2) is 13.1 Å². The van der Waals surface area contributed by atoms with Gasteiger partial charge in [0.2, 0.25) is 10.0 Å². The van der Waals surface area contributed by atoms with E-state index >= 15 is 0 Å². The van der Waals surface area contributed by atoms with Crippen LogP contribution in [0, 0.1) is 0 Å². The molecular formula is C12H19BrN2O2S. The zero-order chi connectivity index (χ0) is 13.8. The summed E-state index contributed by atoms with van der Waals surface area (Å²) in [6.45, 7) is 5.98. The summed E-state index contributed by atoms with van der Waals surface area (Å²) in [7, 11) is -3.52. The van der Waals surface area contributed by atoms with Gasteiger partial charge in [-0.2, -0.15) is 0 Å². The SMILES string of the molecule is CCC(CC)(CC)NS(=O)(=O)c1cncc(Br)c1. The third-order valence-electron chi connectivity index (χ3n) is 3.37. The second-order valence-corrected chi connectivity index (χ2v) is 6.88. The highest BCUT2D eigenvalue weighted by Gasteiger charge is 2.30. The molecule has 4 nitrogen and oxygen atoms in total. The summed E-state index contributed by atoms with van der Waals surface area (Å²) in [6, 6.07) is 1.56. The quantitative estimate of drug-likeness (QED) is 0.869. The summed E-state index contributed by atoms with van der Waals surface area (Å²) in [4.78, 5) is 4.08. The zero-order valence-electron chi connectivity index (χ0n) is 10.9. The Balaban J connectivity index is 3.08. The van der Waals surface area contributed by atoms with E-state index in [4.69, 9.17) is 0 Å². The fraction of sp³-hybridized carbons (Fsp3) is 0.583. The van der Waals surface area contributed by atoms with Gasteiger partial charge in [-0.15, -0.1) is 0 Å². The minimum Gasteiger partial charge on any atom is -0.262 e. The molecule has 6 heteroatoms. The lowest BCUT2D eigenvalue weighted by Crippen LogP contribution is -2.46. The third-order valence-corrected chi connectivity index (χ3v) is 5.35. The van der Waals surface area contributed by atoms with Gasteiger partial charge in [-0.1, -0.05) is 20.8 Å². The van der Waals surface area contributed by atoms with Crippen molar-refractivity contribution in [1.82, 2.24) is 9.71 Å². The predicted molar refractivity (Wildman–Crippen MR) is 75.9 cm³/mol. The maximum atomic E-state index is 12.3. The highest BCUT2D eigenvalue weighted by Crippen LogP contribution is 2.23. The van der Waals surface area contributed by atoms with Crippen LogP contribution < -0.4 is 4.72 Å². The Labute approximate surface area is 117 Å². The first-order valence-electron chi connectivity index (χ1n) is 6.03. The lowest BCUT2D eigenvalue weighted by Gasteiger charge is -2.31. The summed E-state index contributed by atoms with van der Waals surface area (Å²) < 4.78 is 28.1. The molecule has 1 heterocycles. The zero-order valence-corrected chi connectivity index (χ0v) is 13.3. The fourth-order valence-electron chi connectivity index (χ4n) is 1.85. The van der Waals surface area contributed by atoms with E-state index in [1.165, 1.54) is 6.20 Å². The topological polar surface area (TPSA) is 59.1 Å². The standard InChI is InChI=1S/C12H19BrN2O2S/c1-4-12(5-2,6-3)15-18(16,17)11-7-10(13)8-14-9-11/h7-9,15H,4-6H2,1-3H3. The molecule has 0 aliphatic carbocycles. The molecule has 0 aliphatic rings. The second kappa shape index (κ2) is 6.12. The molecule has 0 fully saturated rings. The van der Waals surface area contributed by atoms with E-state index in [1.807, 2.05) is 20.8 Å². The molecule has 0 aliphatic heterocycles. The van der Waals surface area contributed by atoms with Crippen LogP contribution in [0.15, 0.2) is 27.8 Å². The molecule has 0 unspecified atom stereocenters. The largest absolute Gasteiger partial charge is 0.262 e. The molecule has 1 aromatic heterocycles. The fourth-order valence-corrected chi connectivity index (χ4v) is 3.97. The van der Waals surface area contributed by atoms with Crippen LogP contribution in [-0.2, 0) is 10.0 Å². The van der Waals surface area contributed by atoms with Gasteiger partial charge in [0.25, 0.3) is 0 Å². The van der Waals surface area contributed by atoms with Gasteiger partial charge in [0, 0.05) is 22.4 Å². The van der Waals surface area contributed by atoms with Gasteiger partial charge in [-0.3, -0.25) is 4.98 Å². The summed E-state index contributed by atoms with van der Waals surface area (Å²) in [5.41, 5.74) is -0.374. The first-order valence-corrected chi connectivity index (χ1v) is 8.31. The molecule has 0 atom stereocenters. The van der Waals surface area contributed by atoms with Crippen LogP contribution in [0.1, 0.15) is 40.0 Å². The monoisotopic (exact) mass is 334 g/mol. The minimum absolute atomic E-state index is 0.191. The molecular weight excluding hydrogens is 316 g/mol. The van der Waals surface area contributed by atoms with E-state index in [2.05, 4.69) is 25.6 Å². The number of sulfonamides is 1. The van der Waals surface area contributed by atoms with E-state index in [1.54, 1.807) is 12.3 Å². The Kier molecular flexibility index (Phi) is 5.31. The summed E-state index contributed by atoms with van der Waals surface area (Å²) in [6.07, 6.45) is 5.21. The van der Waals surface area contributed by atoms with Crippen LogP contribution in [-0.4, -0.2) is 18.9 Å². The molecule has 1 N–H and O–H groups in total. The molecule has 0 saturated carbocycles. The number of aromatic nitrogens is 1. The minimum atomic E-state index is -3.52. The average Bonchev–Trinajstić information content (AvgIpc) is 2.36. The molecule has 0 saturated heterocycles. The van der Waals surface area contributed by atoms with Crippen molar-refractivity contribution in [3.8, 4) is 0 Å². The number of nitrogens with one attached hydrogen (secondary N) is 1. The van der Waals surface area contributed by atoms with Crippen molar-refractivity contribution in [1.29, 1.82) is 0 Å². The van der Waals surface area contributed by atoms with Crippen LogP contribution in [0.25, 0.3) is 0 Å². The highest BCUT2D eigenvalue weighted by molar-refractivity contribution is 9.10. The van der Waals surface area contributed by atoms with Crippen LogP contribution in [0.4, 0.5) is 0 Å². The summed E-state index contributed by atoms with van der Waals surface area (Å²) in [5, 5.41) is 0. The van der Waals surface area contributed by atoms with Crippen molar-refractivity contribution in [2.24, 2.45) is 0 Å². The molecule has 18 heavy (non-hydrogen) atoms. The van der Waals surface area contributed by atoms with Gasteiger partial charge in [0.05, 0.1) is 0 Å². The molecule has 0 radical (unpaired) electrons. The van der Waals surface area contributed by atoms with Crippen molar-refractivity contribution in [3.63, 3.8) is 0 Å². The Morgan fingerprint density at radius 2 is 1.78 bits per heavy atom. The molecule has 1 rings (SSSR count). The number of hydrogen-bond donors (Lipinski definition) is 1. The van der Waals surface area contributed by atoms with E-state index < -0.39 is 10.0 Å². The predicted octanol–water partition coefficient (Wildman–Crippen LogP) is 3.09. The van der Waals surface area contributed by atoms with Crippen LogP contribution in [0.2, 0.25) is 0 Å². The average molecular weight is 335 g/mol. The molecule has 0 aromatic carbocycles. The molecule has 0 amide bonds. The number of pyridine rings is 1. The summed E-state index contributed by atoms with van der Waals surface area (Å²) >= 11 is 3.23. The van der Waals surface area contributed by atoms with Crippen molar-refractivity contribution >= 4 is 26.0 Å². The van der Waals surface area contributed by atoms with E-state index in [0.717, 1.165) is 19.3 Å². The number of nitrogens with zero attached hydrogens (tertiary/aromatic N) is 1. The maximum Gasteiger partial charge on any atom is 0.242 e. The van der Waals surface area contributed by atoms with Gasteiger partial charge in [0.15, 0.2) is 0 Å². The van der Waals surface area contributed by atoms with Crippen LogP contribution in [0.3, 0.4) is 0 Å². The smallest absolute Gasteiger partial charge is 0.242 e. The van der Waals surface area contributed by atoms with E-state index in [0.29, 0.717) is 4.47 Å². The molecule has 0 spiro atoms. The van der Waals surface area contributed by atoms with Gasteiger partial charge < -0.3 is 0 Å². The first-order chi connectivity index (χ1) is 8.39. The normalized spacial score (nSPS) is 12.7. The van der Waals surface area contributed by atoms with Crippen molar-refractivity contribution in [3.05, 3.63) is 22.9 Å². The molecule has 0 bridgehead atoms. The Morgan fingerprint density at radius 3 is 2.22 bits per heavy atom. The lowest BCUT2D eigenvalue weighted by molar-refractivity contribution is 0.341. The number of hydrogen-bond acceptors (Lipinski definition) is 3. The molecule has 102 valence electrons. The van der Waals surface area contributed by atoms with Gasteiger partial charge >= 0.3 is 0 Å². The van der Waals surface area contributed by atoms with Crippen molar-refractivity contribution in [2.45, 2.75) is 50.5 Å². The Morgan fingerprint density at radius 1 is 1.22 bits per heavy atom. The molecule has 1 aromatic rings. The van der Waals surface area contributed by atoms with Crippen LogP contribution in [0.5, 0.6) is 0 Å². The van der Waals surface area contributed by atoms with Gasteiger partial charge in [-0.05, 0) is 41.3 Å². The highest BCUT2D eigenvalue weighted by atomic mass is 79.9. The third kappa shape index (κ3) is 3.52. The van der Waals surface area contributed by atoms with E-state index in [9.17, 15) is 8.42 Å². The van der Waals surface area contributed by atoms with Crippen LogP contribution >= 0.6 is 15.9 Å². The Hall–Kier alpha value is -0.460. The summed E-state index contributed by atoms with van der Waals surface area (Å²) in [5.74, 6) is 0. The Bertz CT molecular complexity index is 490. The first kappa shape index (κ1) is 15.6. The van der Waals surface area contributed by atoms with Crippen molar-refractivity contribution in [2.75, 3.05) is 0 Å².